The Balaban J connectivity index is 1.67. The van der Waals surface area contributed by atoms with Crippen LogP contribution in [-0.4, -0.2) is 23.5 Å². The molecule has 0 aliphatic rings. The Morgan fingerprint density at radius 2 is 1.79 bits per heavy atom. The lowest BCUT2D eigenvalue weighted by molar-refractivity contribution is -0.125. The molecule has 1 heterocycles. The molecule has 5 nitrogen and oxygen atoms in total. The number of amides is 1. The van der Waals surface area contributed by atoms with E-state index in [0.29, 0.717) is 10.9 Å². The molecule has 1 amide bonds. The van der Waals surface area contributed by atoms with Crippen LogP contribution in [0.1, 0.15) is 47.4 Å². The number of hydrogen-bond acceptors (Lipinski definition) is 4. The number of benzene rings is 2. The molecule has 0 fully saturated rings. The maximum Gasteiger partial charge on any atom is 0.339 e. The van der Waals surface area contributed by atoms with Crippen LogP contribution in [0.2, 0.25) is 0 Å². The number of para-hydroxylation sites is 1. The fourth-order valence-corrected chi connectivity index (χ4v) is 3.22. The molecule has 144 valence electrons. The lowest BCUT2D eigenvalue weighted by Crippen LogP contribution is -2.32. The van der Waals surface area contributed by atoms with E-state index in [0.717, 1.165) is 29.6 Å². The van der Waals surface area contributed by atoms with Crippen molar-refractivity contribution in [1.29, 1.82) is 0 Å². The van der Waals surface area contributed by atoms with E-state index in [-0.39, 0.29) is 18.6 Å². The van der Waals surface area contributed by atoms with Gasteiger partial charge in [-0.25, -0.2) is 4.79 Å². The minimum atomic E-state index is -0.524. The predicted octanol–water partition coefficient (Wildman–Crippen LogP) is 4.36. The van der Waals surface area contributed by atoms with Gasteiger partial charge in [-0.05, 0) is 31.0 Å². The van der Waals surface area contributed by atoms with Crippen LogP contribution in [0, 0.1) is 6.92 Å². The van der Waals surface area contributed by atoms with E-state index < -0.39 is 5.97 Å². The molecule has 0 saturated heterocycles. The van der Waals surface area contributed by atoms with Crippen LogP contribution >= 0.6 is 0 Å². The number of fused-ring (bicyclic) bond motifs is 1. The van der Waals surface area contributed by atoms with Crippen molar-refractivity contribution in [3.8, 4) is 0 Å². The number of rotatable bonds is 7. The zero-order chi connectivity index (χ0) is 19.9. The maximum absolute atomic E-state index is 12.6. The first-order valence-corrected chi connectivity index (χ1v) is 9.46. The van der Waals surface area contributed by atoms with Crippen molar-refractivity contribution in [3.63, 3.8) is 0 Å². The zero-order valence-electron chi connectivity index (χ0n) is 16.1. The third-order valence-corrected chi connectivity index (χ3v) is 4.51. The van der Waals surface area contributed by atoms with Gasteiger partial charge in [-0.2, -0.15) is 0 Å². The average molecular weight is 376 g/mol. The van der Waals surface area contributed by atoms with Gasteiger partial charge in [-0.15, -0.1) is 0 Å². The molecule has 5 heteroatoms. The number of carbonyl (C=O) groups is 2. The molecule has 1 atom stereocenters. The molecule has 1 N–H and O–H groups in total. The van der Waals surface area contributed by atoms with Crippen LogP contribution in [0.4, 0.5) is 0 Å². The van der Waals surface area contributed by atoms with Crippen molar-refractivity contribution in [2.75, 3.05) is 6.61 Å². The second-order valence-electron chi connectivity index (χ2n) is 6.72. The van der Waals surface area contributed by atoms with E-state index >= 15 is 0 Å². The van der Waals surface area contributed by atoms with Gasteiger partial charge in [0.2, 0.25) is 0 Å². The van der Waals surface area contributed by atoms with Gasteiger partial charge in [-0.3, -0.25) is 9.78 Å². The zero-order valence-corrected chi connectivity index (χ0v) is 16.1. The third-order valence-electron chi connectivity index (χ3n) is 4.51. The first-order chi connectivity index (χ1) is 13.6. The molecule has 0 radical (unpaired) electrons. The quantitative estimate of drug-likeness (QED) is 0.622. The molecule has 0 unspecified atom stereocenters. The summed E-state index contributed by atoms with van der Waals surface area (Å²) in [6.07, 6.45) is 1.75. The smallest absolute Gasteiger partial charge is 0.339 e. The van der Waals surface area contributed by atoms with Gasteiger partial charge >= 0.3 is 5.97 Å². The van der Waals surface area contributed by atoms with Gasteiger partial charge in [0.25, 0.3) is 5.91 Å². The molecule has 0 bridgehead atoms. The Labute approximate surface area is 164 Å². The molecule has 0 saturated carbocycles. The van der Waals surface area contributed by atoms with Crippen molar-refractivity contribution in [2.45, 2.75) is 32.7 Å². The number of esters is 1. The first-order valence-electron chi connectivity index (χ1n) is 9.46. The van der Waals surface area contributed by atoms with Crippen LogP contribution in [0.25, 0.3) is 10.9 Å². The normalized spacial score (nSPS) is 11.8. The van der Waals surface area contributed by atoms with Crippen LogP contribution in [0.3, 0.4) is 0 Å². The lowest BCUT2D eigenvalue weighted by Gasteiger charge is -2.18. The molecule has 2 aromatic carbocycles. The first kappa shape index (κ1) is 19.5. The molecule has 1 aromatic heterocycles. The van der Waals surface area contributed by atoms with E-state index in [2.05, 4.69) is 17.2 Å². The summed E-state index contributed by atoms with van der Waals surface area (Å²) in [6.45, 7) is 3.58. The number of pyridine rings is 1. The fourth-order valence-electron chi connectivity index (χ4n) is 3.22. The van der Waals surface area contributed by atoms with Crippen molar-refractivity contribution in [2.24, 2.45) is 0 Å². The summed E-state index contributed by atoms with van der Waals surface area (Å²) in [4.78, 5) is 29.4. The third kappa shape index (κ3) is 4.74. The van der Waals surface area contributed by atoms with Crippen molar-refractivity contribution >= 4 is 22.8 Å². The Morgan fingerprint density at radius 3 is 2.54 bits per heavy atom. The average Bonchev–Trinajstić information content (AvgIpc) is 2.71. The molecule has 3 rings (SSSR count). The summed E-state index contributed by atoms with van der Waals surface area (Å²) < 4.78 is 5.29. The van der Waals surface area contributed by atoms with Gasteiger partial charge in [-0.1, -0.05) is 61.9 Å². The van der Waals surface area contributed by atoms with Crippen molar-refractivity contribution in [3.05, 3.63) is 77.5 Å². The number of aryl methyl sites for hydroxylation is 1. The van der Waals surface area contributed by atoms with E-state index in [1.807, 2.05) is 61.5 Å². The Bertz CT molecular complexity index is 970. The Kier molecular flexibility index (Phi) is 6.37. The number of carbonyl (C=O) groups excluding carboxylic acids is 2. The number of aromatic nitrogens is 1. The minimum Gasteiger partial charge on any atom is -0.452 e. The molecule has 0 aliphatic heterocycles. The van der Waals surface area contributed by atoms with E-state index in [1.165, 1.54) is 0 Å². The highest BCUT2D eigenvalue weighted by Crippen LogP contribution is 2.20. The summed E-state index contributed by atoms with van der Waals surface area (Å²) in [7, 11) is 0. The highest BCUT2D eigenvalue weighted by atomic mass is 16.5. The van der Waals surface area contributed by atoms with Crippen LogP contribution in [-0.2, 0) is 9.53 Å². The second-order valence-corrected chi connectivity index (χ2v) is 6.72. The fraction of sp³-hybridized carbons (Fsp3) is 0.261. The summed E-state index contributed by atoms with van der Waals surface area (Å²) in [6, 6.07) is 18.8. The largest absolute Gasteiger partial charge is 0.452 e. The topological polar surface area (TPSA) is 68.3 Å². The minimum absolute atomic E-state index is 0.0959. The summed E-state index contributed by atoms with van der Waals surface area (Å²) in [5.41, 5.74) is 2.91. The van der Waals surface area contributed by atoms with Gasteiger partial charge < -0.3 is 10.1 Å². The molecule has 28 heavy (non-hydrogen) atoms. The molecular weight excluding hydrogens is 352 g/mol. The van der Waals surface area contributed by atoms with Crippen LogP contribution in [0.15, 0.2) is 60.7 Å². The molecule has 0 aliphatic carbocycles. The standard InChI is InChI=1S/C23H24N2O3/c1-3-9-20(17-10-5-4-6-11-17)25-22(26)15-28-23(27)19-14-16(2)24-21-13-8-7-12-18(19)21/h4-8,10-14,20H,3,9,15H2,1-2H3,(H,25,26)/t20-/m1/s1. The second kappa shape index (κ2) is 9.13. The SMILES string of the molecule is CCC[C@@H](NC(=O)COC(=O)c1cc(C)nc2ccccc12)c1ccccc1. The summed E-state index contributed by atoms with van der Waals surface area (Å²) >= 11 is 0. The Hall–Kier alpha value is -3.21. The van der Waals surface area contributed by atoms with Gasteiger partial charge in [0.1, 0.15) is 0 Å². The van der Waals surface area contributed by atoms with Crippen LogP contribution < -0.4 is 5.32 Å². The summed E-state index contributed by atoms with van der Waals surface area (Å²) in [5.74, 6) is -0.839. The number of ether oxygens (including phenoxy) is 1. The number of nitrogens with zero attached hydrogens (tertiary/aromatic N) is 1. The summed E-state index contributed by atoms with van der Waals surface area (Å²) in [5, 5.41) is 3.68. The highest BCUT2D eigenvalue weighted by Gasteiger charge is 2.17. The lowest BCUT2D eigenvalue weighted by atomic mass is 10.0. The Morgan fingerprint density at radius 1 is 1.07 bits per heavy atom. The van der Waals surface area contributed by atoms with E-state index in [4.69, 9.17) is 4.74 Å². The van der Waals surface area contributed by atoms with Gasteiger partial charge in [0, 0.05) is 11.1 Å². The van der Waals surface area contributed by atoms with Crippen molar-refractivity contribution in [1.82, 2.24) is 10.3 Å². The molecule has 3 aromatic rings. The van der Waals surface area contributed by atoms with E-state index in [1.54, 1.807) is 6.07 Å². The highest BCUT2D eigenvalue weighted by molar-refractivity contribution is 6.04. The maximum atomic E-state index is 12.6. The van der Waals surface area contributed by atoms with E-state index in [9.17, 15) is 9.59 Å². The van der Waals surface area contributed by atoms with Gasteiger partial charge in [0.15, 0.2) is 6.61 Å². The number of hydrogen-bond donors (Lipinski definition) is 1. The van der Waals surface area contributed by atoms with Gasteiger partial charge in [0.05, 0.1) is 17.1 Å². The number of nitrogens with one attached hydrogen (secondary N) is 1. The predicted molar refractivity (Wildman–Crippen MR) is 109 cm³/mol. The molecular formula is C23H24N2O3. The monoisotopic (exact) mass is 376 g/mol. The van der Waals surface area contributed by atoms with Crippen molar-refractivity contribution < 1.29 is 14.3 Å². The molecule has 0 spiro atoms. The van der Waals surface area contributed by atoms with Crippen LogP contribution in [0.5, 0.6) is 0 Å².